The van der Waals surface area contributed by atoms with E-state index in [2.05, 4.69) is 15.6 Å². The number of halogens is 1. The molecule has 0 aliphatic heterocycles. The number of nitrogens with one attached hydrogen (secondary N) is 2. The topological polar surface area (TPSA) is 106 Å². The summed E-state index contributed by atoms with van der Waals surface area (Å²) in [5.41, 5.74) is 5.13. The summed E-state index contributed by atoms with van der Waals surface area (Å²) in [5.74, 6) is 1.56. The third-order valence-electron chi connectivity index (χ3n) is 2.65. The van der Waals surface area contributed by atoms with Crippen LogP contribution in [-0.2, 0) is 13.1 Å². The first-order valence-electron chi connectivity index (χ1n) is 6.62. The van der Waals surface area contributed by atoms with Gasteiger partial charge < -0.3 is 25.2 Å². The fourth-order valence-electron chi connectivity index (χ4n) is 1.68. The van der Waals surface area contributed by atoms with Crippen LogP contribution in [0.25, 0.3) is 0 Å². The van der Waals surface area contributed by atoms with Gasteiger partial charge in [-0.15, -0.1) is 24.0 Å². The smallest absolute Gasteiger partial charge is 0.284 e. The van der Waals surface area contributed by atoms with E-state index >= 15 is 0 Å². The number of rotatable bonds is 6. The molecule has 7 nitrogen and oxygen atoms in total. The SMILES string of the molecule is CCNC(=NCc1ccc(C(N)=O)o1)NCc1ccco1.I. The van der Waals surface area contributed by atoms with Gasteiger partial charge in [0, 0.05) is 6.54 Å². The normalized spacial score (nSPS) is 10.9. The van der Waals surface area contributed by atoms with Crippen LogP contribution in [0.1, 0.15) is 29.0 Å². The molecule has 1 amide bonds. The Bertz CT molecular complexity index is 607. The minimum atomic E-state index is -0.590. The summed E-state index contributed by atoms with van der Waals surface area (Å²) in [6.45, 7) is 3.54. The molecule has 2 aromatic heterocycles. The maximum absolute atomic E-state index is 10.9. The van der Waals surface area contributed by atoms with Gasteiger partial charge in [0.05, 0.1) is 12.8 Å². The average molecular weight is 418 g/mol. The lowest BCUT2D eigenvalue weighted by atomic mass is 10.4. The van der Waals surface area contributed by atoms with Gasteiger partial charge in [-0.25, -0.2) is 4.99 Å². The van der Waals surface area contributed by atoms with Gasteiger partial charge >= 0.3 is 0 Å². The van der Waals surface area contributed by atoms with E-state index in [4.69, 9.17) is 14.6 Å². The molecule has 0 saturated carbocycles. The molecule has 2 rings (SSSR count). The Morgan fingerprint density at radius 1 is 1.27 bits per heavy atom. The van der Waals surface area contributed by atoms with Crippen LogP contribution in [0.15, 0.2) is 44.4 Å². The second kappa shape index (κ2) is 9.13. The number of guanidine groups is 1. The molecule has 0 bridgehead atoms. The van der Waals surface area contributed by atoms with Gasteiger partial charge in [0.2, 0.25) is 0 Å². The number of carbonyl (C=O) groups is 1. The number of hydrogen-bond acceptors (Lipinski definition) is 4. The first-order valence-corrected chi connectivity index (χ1v) is 6.62. The highest BCUT2D eigenvalue weighted by Crippen LogP contribution is 2.08. The van der Waals surface area contributed by atoms with Crippen molar-refractivity contribution in [2.24, 2.45) is 10.7 Å². The lowest BCUT2D eigenvalue weighted by Crippen LogP contribution is -2.36. The van der Waals surface area contributed by atoms with Crippen molar-refractivity contribution in [2.45, 2.75) is 20.0 Å². The molecule has 0 unspecified atom stereocenters. The number of hydrogen-bond donors (Lipinski definition) is 3. The molecule has 2 heterocycles. The molecule has 0 saturated heterocycles. The molecule has 0 atom stereocenters. The Balaban J connectivity index is 0.00000242. The summed E-state index contributed by atoms with van der Waals surface area (Å²) in [6, 6.07) is 6.92. The van der Waals surface area contributed by atoms with Gasteiger partial charge in [0.15, 0.2) is 11.7 Å². The Kier molecular flexibility index (Phi) is 7.50. The third-order valence-corrected chi connectivity index (χ3v) is 2.65. The Hall–Kier alpha value is -1.97. The zero-order chi connectivity index (χ0) is 15.1. The van der Waals surface area contributed by atoms with Crippen molar-refractivity contribution in [1.29, 1.82) is 0 Å². The first kappa shape index (κ1) is 18.1. The standard InChI is InChI=1S/C14H18N4O3.HI/c1-2-16-14(17-8-10-4-3-7-20-10)18-9-11-5-6-12(21-11)13(15)19;/h3-7H,2,8-9H2,1H3,(H2,15,19)(H2,16,17,18);1H. The predicted molar refractivity (Wildman–Crippen MR) is 93.0 cm³/mol. The number of furan rings is 2. The quantitative estimate of drug-likeness (QED) is 0.377. The lowest BCUT2D eigenvalue weighted by molar-refractivity contribution is 0.0972. The number of amides is 1. The highest BCUT2D eigenvalue weighted by Gasteiger charge is 2.07. The number of nitrogens with two attached hydrogens (primary N) is 1. The van der Waals surface area contributed by atoms with Crippen LogP contribution in [0.5, 0.6) is 0 Å². The van der Waals surface area contributed by atoms with Crippen molar-refractivity contribution in [3.8, 4) is 0 Å². The van der Waals surface area contributed by atoms with Crippen LogP contribution in [0.2, 0.25) is 0 Å². The van der Waals surface area contributed by atoms with Gasteiger partial charge in [-0.3, -0.25) is 4.79 Å². The summed E-state index contributed by atoms with van der Waals surface area (Å²) >= 11 is 0. The predicted octanol–water partition coefficient (Wildman–Crippen LogP) is 1.84. The van der Waals surface area contributed by atoms with Crippen molar-refractivity contribution in [1.82, 2.24) is 10.6 Å². The Morgan fingerprint density at radius 3 is 2.68 bits per heavy atom. The molecule has 0 aromatic carbocycles. The summed E-state index contributed by atoms with van der Waals surface area (Å²) in [7, 11) is 0. The van der Waals surface area contributed by atoms with E-state index in [1.165, 1.54) is 6.07 Å². The fourth-order valence-corrected chi connectivity index (χ4v) is 1.68. The molecule has 0 fully saturated rings. The van der Waals surface area contributed by atoms with Crippen molar-refractivity contribution in [3.05, 3.63) is 47.8 Å². The molecule has 22 heavy (non-hydrogen) atoms. The highest BCUT2D eigenvalue weighted by molar-refractivity contribution is 14.0. The van der Waals surface area contributed by atoms with E-state index in [1.54, 1.807) is 12.3 Å². The zero-order valence-corrected chi connectivity index (χ0v) is 14.5. The molecule has 0 radical (unpaired) electrons. The summed E-state index contributed by atoms with van der Waals surface area (Å²) in [4.78, 5) is 15.3. The van der Waals surface area contributed by atoms with Gasteiger partial charge in [0.25, 0.3) is 5.91 Å². The maximum Gasteiger partial charge on any atom is 0.284 e. The van der Waals surface area contributed by atoms with E-state index in [9.17, 15) is 4.79 Å². The maximum atomic E-state index is 10.9. The molecule has 4 N–H and O–H groups in total. The molecular formula is C14H19IN4O3. The Morgan fingerprint density at radius 2 is 2.09 bits per heavy atom. The number of primary amides is 1. The van der Waals surface area contributed by atoms with Crippen molar-refractivity contribution < 1.29 is 13.6 Å². The van der Waals surface area contributed by atoms with E-state index < -0.39 is 5.91 Å². The minimum absolute atomic E-state index is 0. The van der Waals surface area contributed by atoms with Gasteiger partial charge in [-0.05, 0) is 31.2 Å². The van der Waals surface area contributed by atoms with Crippen LogP contribution in [0, 0.1) is 0 Å². The monoisotopic (exact) mass is 418 g/mol. The molecule has 2 aromatic rings. The fraction of sp³-hybridized carbons (Fsp3) is 0.286. The van der Waals surface area contributed by atoms with Crippen LogP contribution in [0.4, 0.5) is 0 Å². The molecule has 120 valence electrons. The van der Waals surface area contributed by atoms with Crippen LogP contribution in [0.3, 0.4) is 0 Å². The highest BCUT2D eigenvalue weighted by atomic mass is 127. The van der Waals surface area contributed by atoms with Crippen molar-refractivity contribution >= 4 is 35.8 Å². The molecule has 0 aliphatic rings. The van der Waals surface area contributed by atoms with Crippen molar-refractivity contribution in [2.75, 3.05) is 6.54 Å². The molecular weight excluding hydrogens is 399 g/mol. The summed E-state index contributed by atoms with van der Waals surface area (Å²) in [5, 5.41) is 6.24. The van der Waals surface area contributed by atoms with Gasteiger partial charge in [-0.1, -0.05) is 0 Å². The second-order valence-corrected chi connectivity index (χ2v) is 4.26. The minimum Gasteiger partial charge on any atom is -0.467 e. The summed E-state index contributed by atoms with van der Waals surface area (Å²) in [6.07, 6.45) is 1.62. The van der Waals surface area contributed by atoms with Crippen molar-refractivity contribution in [3.63, 3.8) is 0 Å². The lowest BCUT2D eigenvalue weighted by Gasteiger charge is -2.09. The molecule has 8 heteroatoms. The van der Waals surface area contributed by atoms with Crippen LogP contribution in [-0.4, -0.2) is 18.4 Å². The van der Waals surface area contributed by atoms with Gasteiger partial charge in [0.1, 0.15) is 18.1 Å². The van der Waals surface area contributed by atoms with E-state index in [1.807, 2.05) is 19.1 Å². The summed E-state index contributed by atoms with van der Waals surface area (Å²) < 4.78 is 10.5. The zero-order valence-electron chi connectivity index (χ0n) is 12.2. The number of nitrogens with zero attached hydrogens (tertiary/aromatic N) is 1. The largest absolute Gasteiger partial charge is 0.467 e. The third kappa shape index (κ3) is 5.43. The second-order valence-electron chi connectivity index (χ2n) is 4.26. The molecule has 0 spiro atoms. The van der Waals surface area contributed by atoms with E-state index in [0.717, 1.165) is 12.3 Å². The van der Waals surface area contributed by atoms with E-state index in [0.29, 0.717) is 24.8 Å². The Labute approximate surface area is 145 Å². The van der Waals surface area contributed by atoms with E-state index in [-0.39, 0.29) is 29.7 Å². The number of aliphatic imine (C=N–C) groups is 1. The molecule has 0 aliphatic carbocycles. The number of carbonyl (C=O) groups excluding carboxylic acids is 1. The van der Waals surface area contributed by atoms with Gasteiger partial charge in [-0.2, -0.15) is 0 Å². The van der Waals surface area contributed by atoms with Crippen LogP contribution < -0.4 is 16.4 Å². The van der Waals surface area contributed by atoms with Crippen LogP contribution >= 0.6 is 24.0 Å². The first-order chi connectivity index (χ1) is 10.2. The average Bonchev–Trinajstić information content (AvgIpc) is 3.13.